The largest absolute Gasteiger partial charge is 0.462 e. The zero-order chi connectivity index (χ0) is 47.2. The lowest BCUT2D eigenvalue weighted by atomic mass is 10.0. The van der Waals surface area contributed by atoms with Gasteiger partial charge in [0.2, 0.25) is 0 Å². The second kappa shape index (κ2) is 54.0. The van der Waals surface area contributed by atoms with Crippen LogP contribution in [0.15, 0.2) is 48.6 Å². The minimum absolute atomic E-state index is 0.0824. The van der Waals surface area contributed by atoms with E-state index in [1.165, 1.54) is 161 Å². The summed E-state index contributed by atoms with van der Waals surface area (Å²) in [6.45, 7) is 6.58. The number of allylic oxidation sites excluding steroid dienone is 8. The van der Waals surface area contributed by atoms with Crippen molar-refractivity contribution < 1.29 is 28.6 Å². The summed E-state index contributed by atoms with van der Waals surface area (Å²) >= 11 is 0. The lowest BCUT2D eigenvalue weighted by molar-refractivity contribution is -0.167. The summed E-state index contributed by atoms with van der Waals surface area (Å²) in [5, 5.41) is 0. The van der Waals surface area contributed by atoms with Crippen LogP contribution < -0.4 is 0 Å². The smallest absolute Gasteiger partial charge is 0.306 e. The molecule has 0 aromatic heterocycles. The molecule has 0 aliphatic rings. The summed E-state index contributed by atoms with van der Waals surface area (Å²) < 4.78 is 16.8. The monoisotopic (exact) mass is 911 g/mol. The number of carbonyl (C=O) groups is 3. The predicted molar refractivity (Wildman–Crippen MR) is 279 cm³/mol. The summed E-state index contributed by atoms with van der Waals surface area (Å²) in [6.07, 6.45) is 65.3. The first kappa shape index (κ1) is 62.4. The molecule has 1 atom stereocenters. The van der Waals surface area contributed by atoms with E-state index in [-0.39, 0.29) is 31.1 Å². The van der Waals surface area contributed by atoms with Gasteiger partial charge in [-0.3, -0.25) is 14.4 Å². The van der Waals surface area contributed by atoms with Crippen LogP contribution in [-0.4, -0.2) is 37.2 Å². The zero-order valence-corrected chi connectivity index (χ0v) is 43.3. The molecule has 378 valence electrons. The number of hydrogen-bond donors (Lipinski definition) is 0. The van der Waals surface area contributed by atoms with E-state index in [4.69, 9.17) is 14.2 Å². The number of rotatable bonds is 51. The highest BCUT2D eigenvalue weighted by Crippen LogP contribution is 2.16. The van der Waals surface area contributed by atoms with Gasteiger partial charge < -0.3 is 14.2 Å². The third-order valence-electron chi connectivity index (χ3n) is 12.3. The van der Waals surface area contributed by atoms with Crippen LogP contribution in [-0.2, 0) is 28.6 Å². The molecular formula is C59H106O6. The quantitative estimate of drug-likeness (QED) is 0.0262. The summed E-state index contributed by atoms with van der Waals surface area (Å²) in [6, 6.07) is 0. The molecule has 0 radical (unpaired) electrons. The van der Waals surface area contributed by atoms with E-state index >= 15 is 0 Å². The zero-order valence-electron chi connectivity index (χ0n) is 43.3. The molecule has 0 saturated carbocycles. The Balaban J connectivity index is 4.35. The van der Waals surface area contributed by atoms with Crippen molar-refractivity contribution in [1.29, 1.82) is 0 Å². The highest BCUT2D eigenvalue weighted by molar-refractivity contribution is 5.71. The molecule has 0 aliphatic heterocycles. The van der Waals surface area contributed by atoms with Crippen molar-refractivity contribution in [2.45, 2.75) is 297 Å². The number of esters is 3. The van der Waals surface area contributed by atoms with Gasteiger partial charge in [-0.05, 0) is 77.0 Å². The van der Waals surface area contributed by atoms with Gasteiger partial charge in [0.25, 0.3) is 0 Å². The molecule has 0 saturated heterocycles. The van der Waals surface area contributed by atoms with Gasteiger partial charge in [-0.15, -0.1) is 0 Å². The molecular weight excluding hydrogens is 805 g/mol. The van der Waals surface area contributed by atoms with Gasteiger partial charge in [0.1, 0.15) is 13.2 Å². The molecule has 0 aliphatic carbocycles. The van der Waals surface area contributed by atoms with E-state index in [1.54, 1.807) is 0 Å². The molecule has 6 heteroatoms. The first-order chi connectivity index (χ1) is 32.0. The van der Waals surface area contributed by atoms with Crippen molar-refractivity contribution in [2.75, 3.05) is 13.2 Å². The third-order valence-corrected chi connectivity index (χ3v) is 12.3. The van der Waals surface area contributed by atoms with Crippen LogP contribution in [0.5, 0.6) is 0 Å². The molecule has 0 rings (SSSR count). The number of ether oxygens (including phenoxy) is 3. The van der Waals surface area contributed by atoms with Gasteiger partial charge >= 0.3 is 17.9 Å². The fourth-order valence-electron chi connectivity index (χ4n) is 8.02. The molecule has 0 amide bonds. The maximum atomic E-state index is 12.8. The fourth-order valence-corrected chi connectivity index (χ4v) is 8.02. The van der Waals surface area contributed by atoms with Crippen molar-refractivity contribution in [2.24, 2.45) is 0 Å². The highest BCUT2D eigenvalue weighted by atomic mass is 16.6. The Morgan fingerprint density at radius 3 is 0.954 bits per heavy atom. The van der Waals surface area contributed by atoms with Gasteiger partial charge in [-0.1, -0.05) is 243 Å². The van der Waals surface area contributed by atoms with Gasteiger partial charge in [-0.25, -0.2) is 0 Å². The standard InChI is InChI=1S/C59H106O6/c1-4-7-10-13-16-19-22-24-26-28-29-31-33-35-38-41-44-47-50-53-59(62)65-56(54-63-57(60)51-48-45-42-39-36-21-18-15-12-9-6-3)55-64-58(61)52-49-46-43-40-37-34-32-30-27-25-23-20-17-14-11-8-5-2/h15,17-18,20,25,27,32,34,56H,4-14,16,19,21-24,26,28-31,33,35-55H2,1-3H3/b18-15-,20-17-,27-25-,34-32-/t56-/m0/s1. The Hall–Kier alpha value is -2.63. The first-order valence-corrected chi connectivity index (χ1v) is 28.1. The SMILES string of the molecule is CCCC/C=C\CCCCCCCC(=O)OC[C@@H](COC(=O)CCCCCC/C=C\C/C=C\C/C=C\CCCCC)OC(=O)CCCCCCCCCCCCCCCCCCCCC. The number of unbranched alkanes of at least 4 members (excludes halogenated alkanes) is 32. The molecule has 0 aromatic rings. The van der Waals surface area contributed by atoms with E-state index in [2.05, 4.69) is 69.4 Å². The Bertz CT molecular complexity index is 1140. The van der Waals surface area contributed by atoms with Gasteiger partial charge in [0, 0.05) is 19.3 Å². The molecule has 65 heavy (non-hydrogen) atoms. The maximum absolute atomic E-state index is 12.8. The van der Waals surface area contributed by atoms with Crippen LogP contribution in [0.1, 0.15) is 290 Å². The van der Waals surface area contributed by atoms with Crippen LogP contribution >= 0.6 is 0 Å². The van der Waals surface area contributed by atoms with Crippen LogP contribution in [0.2, 0.25) is 0 Å². The molecule has 0 heterocycles. The molecule has 0 spiro atoms. The molecule has 6 nitrogen and oxygen atoms in total. The first-order valence-electron chi connectivity index (χ1n) is 28.1. The van der Waals surface area contributed by atoms with Crippen LogP contribution in [0.4, 0.5) is 0 Å². The average Bonchev–Trinajstić information content (AvgIpc) is 3.30. The molecule has 0 aromatic carbocycles. The minimum atomic E-state index is -0.783. The summed E-state index contributed by atoms with van der Waals surface area (Å²) in [4.78, 5) is 38.0. The van der Waals surface area contributed by atoms with Crippen molar-refractivity contribution in [3.63, 3.8) is 0 Å². The van der Waals surface area contributed by atoms with E-state index in [1.807, 2.05) is 0 Å². The van der Waals surface area contributed by atoms with Gasteiger partial charge in [0.15, 0.2) is 6.10 Å². The van der Waals surface area contributed by atoms with Crippen LogP contribution in [0, 0.1) is 0 Å². The predicted octanol–water partition coefficient (Wildman–Crippen LogP) is 18.7. The molecule has 0 N–H and O–H groups in total. The Kier molecular flexibility index (Phi) is 51.8. The van der Waals surface area contributed by atoms with Gasteiger partial charge in [0.05, 0.1) is 0 Å². The highest BCUT2D eigenvalue weighted by Gasteiger charge is 2.19. The van der Waals surface area contributed by atoms with Crippen molar-refractivity contribution in [3.8, 4) is 0 Å². The van der Waals surface area contributed by atoms with Crippen LogP contribution in [0.25, 0.3) is 0 Å². The normalized spacial score (nSPS) is 12.4. The lowest BCUT2D eigenvalue weighted by Crippen LogP contribution is -2.30. The minimum Gasteiger partial charge on any atom is -0.462 e. The Labute approximate surface area is 403 Å². The second-order valence-electron chi connectivity index (χ2n) is 18.8. The van der Waals surface area contributed by atoms with E-state index in [0.29, 0.717) is 19.3 Å². The number of hydrogen-bond acceptors (Lipinski definition) is 6. The summed E-state index contributed by atoms with van der Waals surface area (Å²) in [7, 11) is 0. The van der Waals surface area contributed by atoms with Crippen molar-refractivity contribution in [3.05, 3.63) is 48.6 Å². The van der Waals surface area contributed by atoms with Crippen molar-refractivity contribution in [1.82, 2.24) is 0 Å². The maximum Gasteiger partial charge on any atom is 0.306 e. The summed E-state index contributed by atoms with van der Waals surface area (Å²) in [5.74, 6) is -0.901. The topological polar surface area (TPSA) is 78.9 Å². The van der Waals surface area contributed by atoms with E-state index in [0.717, 1.165) is 89.9 Å². The van der Waals surface area contributed by atoms with Gasteiger partial charge in [-0.2, -0.15) is 0 Å². The third kappa shape index (κ3) is 52.2. The van der Waals surface area contributed by atoms with E-state index < -0.39 is 6.10 Å². The second-order valence-corrected chi connectivity index (χ2v) is 18.8. The molecule has 0 fully saturated rings. The number of carbonyl (C=O) groups excluding carboxylic acids is 3. The Morgan fingerprint density at radius 2 is 0.569 bits per heavy atom. The molecule has 0 unspecified atom stereocenters. The molecule has 0 bridgehead atoms. The van der Waals surface area contributed by atoms with Crippen molar-refractivity contribution >= 4 is 17.9 Å². The Morgan fingerprint density at radius 1 is 0.308 bits per heavy atom. The average molecular weight is 911 g/mol. The fraction of sp³-hybridized carbons (Fsp3) is 0.814. The van der Waals surface area contributed by atoms with Crippen LogP contribution in [0.3, 0.4) is 0 Å². The summed E-state index contributed by atoms with van der Waals surface area (Å²) in [5.41, 5.74) is 0. The van der Waals surface area contributed by atoms with E-state index in [9.17, 15) is 14.4 Å². The lowest BCUT2D eigenvalue weighted by Gasteiger charge is -2.18.